The molecule has 2 aromatic rings. The topological polar surface area (TPSA) is 46.9 Å². The highest BCUT2D eigenvalue weighted by Crippen LogP contribution is 2.27. The second-order valence-electron chi connectivity index (χ2n) is 6.69. The molecule has 0 atom stereocenters. The van der Waals surface area contributed by atoms with Crippen molar-refractivity contribution in [3.63, 3.8) is 0 Å². The van der Waals surface area contributed by atoms with Gasteiger partial charge in [0.2, 0.25) is 11.8 Å². The van der Waals surface area contributed by atoms with E-state index in [-0.39, 0.29) is 37.5 Å². The van der Waals surface area contributed by atoms with Gasteiger partial charge in [-0.2, -0.15) is 9.37 Å². The van der Waals surface area contributed by atoms with E-state index in [2.05, 4.69) is 10.3 Å². The molecule has 0 aliphatic heterocycles. The fourth-order valence-corrected chi connectivity index (χ4v) is 2.98. The lowest BCUT2D eigenvalue weighted by atomic mass is 10.0. The highest BCUT2D eigenvalue weighted by atomic mass is 19.1. The van der Waals surface area contributed by atoms with Crippen LogP contribution in [-0.2, 0) is 6.54 Å². The Morgan fingerprint density at radius 1 is 1.03 bits per heavy atom. The van der Waals surface area contributed by atoms with Gasteiger partial charge in [0.25, 0.3) is 0 Å². The fourth-order valence-electron chi connectivity index (χ4n) is 2.98. The molecule has 1 aliphatic rings. The molecule has 1 aromatic heterocycles. The van der Waals surface area contributed by atoms with Gasteiger partial charge in [-0.3, -0.25) is 4.79 Å². The monoisotopic (exact) mass is 453 g/mol. The highest BCUT2D eigenvalue weighted by molar-refractivity contribution is 5.39. The van der Waals surface area contributed by atoms with E-state index in [4.69, 9.17) is 0 Å². The van der Waals surface area contributed by atoms with Gasteiger partial charge in [0.05, 0.1) is 6.54 Å². The summed E-state index contributed by atoms with van der Waals surface area (Å²) in [4.78, 5) is 15.2. The number of hydrogen-bond acceptors (Lipinski definition) is 3. The maximum absolute atomic E-state index is 14.0. The largest absolute Gasteiger partial charge is 0.351 e. The predicted molar refractivity (Wildman–Crippen MR) is 121 cm³/mol. The molecule has 0 bridgehead atoms. The molecule has 0 spiro atoms. The Morgan fingerprint density at radius 2 is 1.69 bits per heavy atom. The van der Waals surface area contributed by atoms with Crippen LogP contribution in [0.3, 0.4) is 0 Å². The molecule has 176 valence electrons. The van der Waals surface area contributed by atoms with Crippen molar-refractivity contribution < 1.29 is 17.6 Å². The third kappa shape index (κ3) is 6.80. The zero-order valence-electron chi connectivity index (χ0n) is 19.5. The Morgan fingerprint density at radius 3 is 2.28 bits per heavy atom. The first-order valence-electron chi connectivity index (χ1n) is 10.8. The number of anilines is 1. The number of aryl methyl sites for hydroxylation is 1. The molecular formula is C24H31F4N3O. The van der Waals surface area contributed by atoms with Gasteiger partial charge in [0, 0.05) is 24.7 Å². The zero-order chi connectivity index (χ0) is 24.4. The molecular weight excluding hydrogens is 422 g/mol. The van der Waals surface area contributed by atoms with Crippen LogP contribution in [0.15, 0.2) is 46.4 Å². The first kappa shape index (κ1) is 27.1. The van der Waals surface area contributed by atoms with Crippen LogP contribution in [0, 0.1) is 25.5 Å². The number of benzene rings is 1. The Labute approximate surface area is 186 Å². The third-order valence-electron chi connectivity index (χ3n) is 4.70. The molecule has 0 saturated heterocycles. The van der Waals surface area contributed by atoms with E-state index in [9.17, 15) is 22.4 Å². The number of halogens is 4. The minimum atomic E-state index is -1.10. The number of rotatable bonds is 5. The van der Waals surface area contributed by atoms with Crippen LogP contribution in [0.5, 0.6) is 0 Å². The molecule has 1 aliphatic carbocycles. The normalized spacial score (nSPS) is 12.9. The summed E-state index contributed by atoms with van der Waals surface area (Å²) >= 11 is 0. The summed E-state index contributed by atoms with van der Waals surface area (Å²) in [5, 5.41) is 2.69. The molecule has 1 heterocycles. The van der Waals surface area contributed by atoms with Crippen LogP contribution < -0.4 is 10.9 Å². The summed E-state index contributed by atoms with van der Waals surface area (Å²) < 4.78 is 56.8. The number of hydrogen-bond donors (Lipinski definition) is 1. The molecule has 4 nitrogen and oxygen atoms in total. The zero-order valence-corrected chi connectivity index (χ0v) is 19.5. The molecule has 1 N–H and O–H groups in total. The predicted octanol–water partition coefficient (Wildman–Crippen LogP) is 6.52. The van der Waals surface area contributed by atoms with Gasteiger partial charge >= 0.3 is 5.56 Å². The van der Waals surface area contributed by atoms with Crippen molar-refractivity contribution in [1.82, 2.24) is 9.55 Å². The number of aromatic nitrogens is 2. The van der Waals surface area contributed by atoms with Gasteiger partial charge in [0.15, 0.2) is 0 Å². The second kappa shape index (κ2) is 12.8. The van der Waals surface area contributed by atoms with Crippen molar-refractivity contribution in [1.29, 1.82) is 0 Å². The Hall–Kier alpha value is -2.90. The smallest absolute Gasteiger partial charge is 0.310 e. The Bertz CT molecular complexity index is 1020. The average Bonchev–Trinajstić information content (AvgIpc) is 2.77. The lowest BCUT2D eigenvalue weighted by Gasteiger charge is -2.17. The third-order valence-corrected chi connectivity index (χ3v) is 4.70. The van der Waals surface area contributed by atoms with Crippen LogP contribution in [0.1, 0.15) is 57.2 Å². The molecule has 1 aromatic carbocycles. The summed E-state index contributed by atoms with van der Waals surface area (Å²) in [5.74, 6) is -2.81. The van der Waals surface area contributed by atoms with E-state index in [1.165, 1.54) is 16.7 Å². The van der Waals surface area contributed by atoms with Crippen LogP contribution >= 0.6 is 0 Å². The second-order valence-corrected chi connectivity index (χ2v) is 6.69. The van der Waals surface area contributed by atoms with E-state index in [0.29, 0.717) is 11.1 Å². The molecule has 0 saturated carbocycles. The molecule has 0 amide bonds. The number of allylic oxidation sites excluding steroid dienone is 2. The quantitative estimate of drug-likeness (QED) is 0.524. The van der Waals surface area contributed by atoms with E-state index in [1.807, 2.05) is 27.7 Å². The molecule has 0 radical (unpaired) electrons. The summed E-state index contributed by atoms with van der Waals surface area (Å²) in [5.41, 5.74) is 0.504. The van der Waals surface area contributed by atoms with Gasteiger partial charge in [0.1, 0.15) is 17.5 Å². The molecule has 3 rings (SSSR count). The maximum atomic E-state index is 14.0. The summed E-state index contributed by atoms with van der Waals surface area (Å²) in [6.45, 7) is 11.2. The Kier molecular flexibility index (Phi) is 10.9. The van der Waals surface area contributed by atoms with Crippen molar-refractivity contribution in [2.24, 2.45) is 0 Å². The lowest BCUT2D eigenvalue weighted by molar-refractivity contribution is 0.537. The summed E-state index contributed by atoms with van der Waals surface area (Å²) in [7, 11) is 0. The van der Waals surface area contributed by atoms with E-state index < -0.39 is 28.8 Å². The van der Waals surface area contributed by atoms with E-state index in [1.54, 1.807) is 19.9 Å². The van der Waals surface area contributed by atoms with Gasteiger partial charge in [-0.05, 0) is 49.1 Å². The van der Waals surface area contributed by atoms with Crippen LogP contribution in [0.25, 0.3) is 0 Å². The van der Waals surface area contributed by atoms with Crippen LogP contribution in [0.4, 0.5) is 23.5 Å². The van der Waals surface area contributed by atoms with Crippen molar-refractivity contribution in [3.8, 4) is 0 Å². The SMILES string of the molecule is CC.CC.Cc1cc(Cn2cc(F)c(=O)nc2NCC2=C(F)CCC=C2F)cc(F)c1C. The van der Waals surface area contributed by atoms with Crippen LogP contribution in [-0.4, -0.2) is 16.1 Å². The Balaban J connectivity index is 0.00000121. The van der Waals surface area contributed by atoms with Crippen molar-refractivity contribution >= 4 is 5.95 Å². The molecule has 0 unspecified atom stereocenters. The van der Waals surface area contributed by atoms with Crippen molar-refractivity contribution in [2.75, 3.05) is 11.9 Å². The number of nitrogens with zero attached hydrogens (tertiary/aromatic N) is 2. The summed E-state index contributed by atoms with van der Waals surface area (Å²) in [6, 6.07) is 3.05. The van der Waals surface area contributed by atoms with Gasteiger partial charge in [-0.15, -0.1) is 0 Å². The van der Waals surface area contributed by atoms with Crippen LogP contribution in [0.2, 0.25) is 0 Å². The van der Waals surface area contributed by atoms with Crippen molar-refractivity contribution in [3.05, 3.63) is 80.3 Å². The minimum absolute atomic E-state index is 0.0183. The van der Waals surface area contributed by atoms with Gasteiger partial charge in [-0.1, -0.05) is 33.8 Å². The standard InChI is InChI=1S/C20H19F4N3O.2C2H6/c1-11-6-13(7-17(23)12(11)2)9-27-10-18(24)19(28)26-20(27)25-8-14-15(21)4-3-5-16(14)22;2*1-2/h4,6-7,10H,3,5,8-9H2,1-2H3,(H,25,26,28);2*1-2H3. The summed E-state index contributed by atoms with van der Waals surface area (Å²) in [6.07, 6.45) is 2.58. The first-order valence-corrected chi connectivity index (χ1v) is 10.8. The molecule has 8 heteroatoms. The maximum Gasteiger partial charge on any atom is 0.310 e. The van der Waals surface area contributed by atoms with Crippen molar-refractivity contribution in [2.45, 2.75) is 60.9 Å². The van der Waals surface area contributed by atoms with E-state index in [0.717, 1.165) is 11.8 Å². The number of nitrogens with one attached hydrogen (secondary N) is 1. The van der Waals surface area contributed by atoms with Gasteiger partial charge in [-0.25, -0.2) is 13.2 Å². The highest BCUT2D eigenvalue weighted by Gasteiger charge is 2.17. The molecule has 32 heavy (non-hydrogen) atoms. The lowest BCUT2D eigenvalue weighted by Crippen LogP contribution is -2.23. The first-order chi connectivity index (χ1) is 15.3. The fraction of sp³-hybridized carbons (Fsp3) is 0.417. The minimum Gasteiger partial charge on any atom is -0.351 e. The van der Waals surface area contributed by atoms with Gasteiger partial charge < -0.3 is 9.88 Å². The molecule has 0 fully saturated rings. The van der Waals surface area contributed by atoms with E-state index >= 15 is 0 Å². The average molecular weight is 454 g/mol.